The first-order chi connectivity index (χ1) is 10.9. The van der Waals surface area contributed by atoms with Gasteiger partial charge in [-0.05, 0) is 36.8 Å². The third-order valence-corrected chi connectivity index (χ3v) is 3.14. The molecular formula is C16H14ClFN2O3. The van der Waals surface area contributed by atoms with Crippen LogP contribution >= 0.6 is 11.6 Å². The van der Waals surface area contributed by atoms with E-state index >= 15 is 0 Å². The molecular weight excluding hydrogens is 323 g/mol. The maximum atomic E-state index is 12.8. The molecule has 2 rings (SSSR count). The smallest absolute Gasteiger partial charge is 0.311 e. The number of ether oxygens (including phenoxy) is 1. The van der Waals surface area contributed by atoms with Gasteiger partial charge in [0.1, 0.15) is 11.6 Å². The van der Waals surface area contributed by atoms with Crippen molar-refractivity contribution in [2.45, 2.75) is 19.4 Å². The third-order valence-electron chi connectivity index (χ3n) is 2.92. The van der Waals surface area contributed by atoms with Gasteiger partial charge in [-0.1, -0.05) is 23.7 Å². The maximum Gasteiger partial charge on any atom is 0.311 e. The van der Waals surface area contributed by atoms with Gasteiger partial charge in [0, 0.05) is 6.20 Å². The number of benzene rings is 1. The molecule has 23 heavy (non-hydrogen) atoms. The number of aromatic nitrogens is 1. The first-order valence-electron chi connectivity index (χ1n) is 6.80. The van der Waals surface area contributed by atoms with Crippen LogP contribution in [0.4, 0.5) is 10.2 Å². The van der Waals surface area contributed by atoms with Crippen molar-refractivity contribution in [1.82, 2.24) is 4.98 Å². The molecule has 120 valence electrons. The van der Waals surface area contributed by atoms with Crippen molar-refractivity contribution in [3.8, 4) is 0 Å². The number of pyridine rings is 1. The van der Waals surface area contributed by atoms with Crippen LogP contribution in [0.15, 0.2) is 42.6 Å². The van der Waals surface area contributed by atoms with Crippen molar-refractivity contribution in [3.05, 3.63) is 59.0 Å². The van der Waals surface area contributed by atoms with Crippen LogP contribution < -0.4 is 5.32 Å². The summed E-state index contributed by atoms with van der Waals surface area (Å²) in [6, 6.07) is 8.59. The first kappa shape index (κ1) is 16.9. The maximum absolute atomic E-state index is 12.8. The third kappa shape index (κ3) is 5.34. The lowest BCUT2D eigenvalue weighted by Crippen LogP contribution is -2.30. The monoisotopic (exact) mass is 336 g/mol. The molecule has 0 bridgehead atoms. The van der Waals surface area contributed by atoms with Crippen molar-refractivity contribution < 1.29 is 18.7 Å². The molecule has 1 aromatic heterocycles. The summed E-state index contributed by atoms with van der Waals surface area (Å²) in [4.78, 5) is 27.6. The number of esters is 1. The highest BCUT2D eigenvalue weighted by Crippen LogP contribution is 2.10. The fourth-order valence-corrected chi connectivity index (χ4v) is 1.85. The SMILES string of the molecule is C[C@@H](OC(=O)Cc1ccc(F)cc1)C(=O)Nc1ccc(Cl)cn1. The normalized spacial score (nSPS) is 11.6. The average molecular weight is 337 g/mol. The summed E-state index contributed by atoms with van der Waals surface area (Å²) in [5.74, 6) is -1.17. The highest BCUT2D eigenvalue weighted by molar-refractivity contribution is 6.30. The van der Waals surface area contributed by atoms with E-state index in [4.69, 9.17) is 16.3 Å². The predicted octanol–water partition coefficient (Wildman–Crippen LogP) is 2.99. The highest BCUT2D eigenvalue weighted by atomic mass is 35.5. The molecule has 0 radical (unpaired) electrons. The lowest BCUT2D eigenvalue weighted by atomic mass is 10.1. The summed E-state index contributed by atoms with van der Waals surface area (Å²) in [7, 11) is 0. The van der Waals surface area contributed by atoms with Gasteiger partial charge >= 0.3 is 5.97 Å². The number of amides is 1. The van der Waals surface area contributed by atoms with Gasteiger partial charge in [0.2, 0.25) is 0 Å². The second kappa shape index (κ2) is 7.69. The Bertz CT molecular complexity index is 689. The Kier molecular flexibility index (Phi) is 5.65. The number of anilines is 1. The van der Waals surface area contributed by atoms with Crippen LogP contribution in [0.3, 0.4) is 0 Å². The number of hydrogen-bond donors (Lipinski definition) is 1. The van der Waals surface area contributed by atoms with E-state index in [1.165, 1.54) is 43.5 Å². The van der Waals surface area contributed by atoms with Gasteiger partial charge in [-0.25, -0.2) is 9.37 Å². The second-order valence-corrected chi connectivity index (χ2v) is 5.22. The Hall–Kier alpha value is -2.47. The second-order valence-electron chi connectivity index (χ2n) is 4.79. The molecule has 2 aromatic rings. The average Bonchev–Trinajstić information content (AvgIpc) is 2.51. The first-order valence-corrected chi connectivity index (χ1v) is 7.18. The van der Waals surface area contributed by atoms with Crippen molar-refractivity contribution in [2.24, 2.45) is 0 Å². The molecule has 1 aromatic carbocycles. The summed E-state index contributed by atoms with van der Waals surface area (Å²) >= 11 is 5.70. The fraction of sp³-hybridized carbons (Fsp3) is 0.188. The van der Waals surface area contributed by atoms with E-state index in [0.29, 0.717) is 16.4 Å². The molecule has 0 saturated heterocycles. The van der Waals surface area contributed by atoms with Gasteiger partial charge in [0.25, 0.3) is 5.91 Å². The molecule has 0 aliphatic carbocycles. The Morgan fingerprint density at radius 3 is 2.57 bits per heavy atom. The zero-order chi connectivity index (χ0) is 16.8. The molecule has 1 heterocycles. The minimum absolute atomic E-state index is 0.0445. The van der Waals surface area contributed by atoms with Gasteiger partial charge in [-0.3, -0.25) is 9.59 Å². The van der Waals surface area contributed by atoms with Gasteiger partial charge < -0.3 is 10.1 Å². The van der Waals surface area contributed by atoms with Crippen molar-refractivity contribution in [2.75, 3.05) is 5.32 Å². The van der Waals surface area contributed by atoms with E-state index in [0.717, 1.165) is 0 Å². The predicted molar refractivity (Wildman–Crippen MR) is 83.5 cm³/mol. The standard InChI is InChI=1S/C16H14ClFN2O3/c1-10(16(22)20-14-7-4-12(17)9-19-14)23-15(21)8-11-2-5-13(18)6-3-11/h2-7,9-10H,8H2,1H3,(H,19,20,22)/t10-/m1/s1. The van der Waals surface area contributed by atoms with E-state index in [9.17, 15) is 14.0 Å². The van der Waals surface area contributed by atoms with Crippen molar-refractivity contribution in [1.29, 1.82) is 0 Å². The fourth-order valence-electron chi connectivity index (χ4n) is 1.74. The van der Waals surface area contributed by atoms with Crippen molar-refractivity contribution in [3.63, 3.8) is 0 Å². The van der Waals surface area contributed by atoms with Gasteiger partial charge in [0.05, 0.1) is 11.4 Å². The largest absolute Gasteiger partial charge is 0.452 e. The molecule has 7 heteroatoms. The number of hydrogen-bond acceptors (Lipinski definition) is 4. The molecule has 0 fully saturated rings. The lowest BCUT2D eigenvalue weighted by molar-refractivity contribution is -0.152. The van der Waals surface area contributed by atoms with E-state index in [1.807, 2.05) is 0 Å². The molecule has 0 spiro atoms. The quantitative estimate of drug-likeness (QED) is 0.852. The van der Waals surface area contributed by atoms with E-state index in [-0.39, 0.29) is 12.2 Å². The zero-order valence-corrected chi connectivity index (χ0v) is 13.0. The summed E-state index contributed by atoms with van der Waals surface area (Å²) < 4.78 is 17.8. The number of carbonyl (C=O) groups excluding carboxylic acids is 2. The van der Waals surface area contributed by atoms with E-state index in [1.54, 1.807) is 6.07 Å². The Balaban J connectivity index is 1.86. The van der Waals surface area contributed by atoms with Gasteiger partial charge in [-0.15, -0.1) is 0 Å². The topological polar surface area (TPSA) is 68.3 Å². The van der Waals surface area contributed by atoms with Crippen LogP contribution in [0.1, 0.15) is 12.5 Å². The molecule has 1 atom stereocenters. The summed E-state index contributed by atoms with van der Waals surface area (Å²) in [6.45, 7) is 1.45. The number of halogens is 2. The van der Waals surface area contributed by atoms with Crippen molar-refractivity contribution >= 4 is 29.3 Å². The molecule has 5 nitrogen and oxygen atoms in total. The Morgan fingerprint density at radius 1 is 1.26 bits per heavy atom. The van der Waals surface area contributed by atoms with Gasteiger partial charge in [-0.2, -0.15) is 0 Å². The molecule has 1 N–H and O–H groups in total. The summed E-state index contributed by atoms with van der Waals surface area (Å²) in [6.07, 6.45) is 0.361. The Morgan fingerprint density at radius 2 is 1.96 bits per heavy atom. The van der Waals surface area contributed by atoms with Gasteiger partial charge in [0.15, 0.2) is 6.10 Å². The van der Waals surface area contributed by atoms with Crippen LogP contribution in [0.25, 0.3) is 0 Å². The van der Waals surface area contributed by atoms with Crippen LogP contribution in [-0.2, 0) is 20.7 Å². The zero-order valence-electron chi connectivity index (χ0n) is 12.3. The summed E-state index contributed by atoms with van der Waals surface area (Å²) in [5, 5.41) is 2.96. The molecule has 1 amide bonds. The lowest BCUT2D eigenvalue weighted by Gasteiger charge is -2.13. The van der Waals surface area contributed by atoms with E-state index in [2.05, 4.69) is 10.3 Å². The molecule has 0 aliphatic heterocycles. The molecule has 0 saturated carbocycles. The van der Waals surface area contributed by atoms with Crippen LogP contribution in [-0.4, -0.2) is 23.0 Å². The minimum Gasteiger partial charge on any atom is -0.452 e. The highest BCUT2D eigenvalue weighted by Gasteiger charge is 2.18. The van der Waals surface area contributed by atoms with Crippen LogP contribution in [0.5, 0.6) is 0 Å². The molecule has 0 aliphatic rings. The molecule has 0 unspecified atom stereocenters. The number of carbonyl (C=O) groups is 2. The van der Waals surface area contributed by atoms with Crippen LogP contribution in [0, 0.1) is 5.82 Å². The summed E-state index contributed by atoms with van der Waals surface area (Å²) in [5.41, 5.74) is 0.600. The number of nitrogens with one attached hydrogen (secondary N) is 1. The van der Waals surface area contributed by atoms with Crippen LogP contribution in [0.2, 0.25) is 5.02 Å². The Labute approximate surface area is 137 Å². The minimum atomic E-state index is -0.986. The van der Waals surface area contributed by atoms with E-state index < -0.39 is 18.0 Å². The number of nitrogens with zero attached hydrogens (tertiary/aromatic N) is 1. The number of rotatable bonds is 5.